The van der Waals surface area contributed by atoms with Gasteiger partial charge in [-0.25, -0.2) is 4.68 Å². The Labute approximate surface area is 142 Å². The van der Waals surface area contributed by atoms with Gasteiger partial charge in [0.15, 0.2) is 6.61 Å². The van der Waals surface area contributed by atoms with Gasteiger partial charge in [0.2, 0.25) is 0 Å². The number of hydrogen-bond donors (Lipinski definition) is 1. The Balaban J connectivity index is 1.61. The van der Waals surface area contributed by atoms with Gasteiger partial charge in [0, 0.05) is 12.6 Å². The third-order valence-electron chi connectivity index (χ3n) is 3.75. The van der Waals surface area contributed by atoms with E-state index in [2.05, 4.69) is 15.5 Å². The molecular formula is C15H17N5O5. The number of carbonyl (C=O) groups excluding carboxylic acids is 1. The first-order chi connectivity index (χ1) is 12.1. The van der Waals surface area contributed by atoms with Crippen molar-refractivity contribution in [2.45, 2.75) is 12.5 Å². The van der Waals surface area contributed by atoms with Crippen LogP contribution < -0.4 is 4.74 Å². The minimum atomic E-state index is -0.969. The Morgan fingerprint density at radius 2 is 2.28 bits per heavy atom. The maximum atomic E-state index is 12.4. The molecule has 0 aliphatic carbocycles. The topological polar surface area (TPSA) is 120 Å². The zero-order chi connectivity index (χ0) is 17.6. The standard InChI is InChI=1S/C15H17N5O5/c21-14(19-4-5-24-8-12(19)7-15(22)23)9-25-13-3-1-2-11(6-13)20-10-16-17-18-20/h1-3,6,10,12H,4-5,7-9H2,(H,22,23)/t12-/m1/s1. The minimum Gasteiger partial charge on any atom is -0.484 e. The predicted molar refractivity (Wildman–Crippen MR) is 83.2 cm³/mol. The zero-order valence-electron chi connectivity index (χ0n) is 13.3. The van der Waals surface area contributed by atoms with Gasteiger partial charge in [-0.3, -0.25) is 9.59 Å². The van der Waals surface area contributed by atoms with E-state index >= 15 is 0 Å². The van der Waals surface area contributed by atoms with Crippen LogP contribution >= 0.6 is 0 Å². The molecule has 0 saturated carbocycles. The fourth-order valence-corrected chi connectivity index (χ4v) is 2.58. The summed E-state index contributed by atoms with van der Waals surface area (Å²) in [4.78, 5) is 24.8. The molecule has 10 nitrogen and oxygen atoms in total. The fourth-order valence-electron chi connectivity index (χ4n) is 2.58. The number of aromatic nitrogens is 4. The minimum absolute atomic E-state index is 0.152. The van der Waals surface area contributed by atoms with E-state index in [0.29, 0.717) is 24.6 Å². The third-order valence-corrected chi connectivity index (χ3v) is 3.75. The lowest BCUT2D eigenvalue weighted by atomic mass is 10.1. The highest BCUT2D eigenvalue weighted by molar-refractivity contribution is 5.79. The summed E-state index contributed by atoms with van der Waals surface area (Å²) in [6.45, 7) is 0.767. The predicted octanol–water partition coefficient (Wildman–Crippen LogP) is -0.257. The largest absolute Gasteiger partial charge is 0.484 e. The maximum Gasteiger partial charge on any atom is 0.305 e. The van der Waals surface area contributed by atoms with E-state index in [1.807, 2.05) is 0 Å². The number of tetrazole rings is 1. The number of ether oxygens (including phenoxy) is 2. The van der Waals surface area contributed by atoms with Gasteiger partial charge >= 0.3 is 5.97 Å². The van der Waals surface area contributed by atoms with Crippen molar-refractivity contribution in [3.05, 3.63) is 30.6 Å². The second-order valence-corrected chi connectivity index (χ2v) is 5.45. The molecule has 10 heteroatoms. The van der Waals surface area contributed by atoms with Crippen molar-refractivity contribution in [3.63, 3.8) is 0 Å². The monoisotopic (exact) mass is 347 g/mol. The second-order valence-electron chi connectivity index (χ2n) is 5.45. The van der Waals surface area contributed by atoms with Gasteiger partial charge in [-0.05, 0) is 22.6 Å². The van der Waals surface area contributed by atoms with Gasteiger partial charge in [-0.1, -0.05) is 6.07 Å². The molecule has 0 spiro atoms. The smallest absolute Gasteiger partial charge is 0.305 e. The molecule has 1 saturated heterocycles. The zero-order valence-corrected chi connectivity index (χ0v) is 13.3. The molecule has 0 bridgehead atoms. The van der Waals surface area contributed by atoms with E-state index in [1.165, 1.54) is 15.9 Å². The number of benzene rings is 1. The van der Waals surface area contributed by atoms with E-state index in [4.69, 9.17) is 14.6 Å². The first-order valence-corrected chi connectivity index (χ1v) is 7.69. The molecule has 2 aromatic rings. The Morgan fingerprint density at radius 3 is 3.04 bits per heavy atom. The number of hydrogen-bond acceptors (Lipinski definition) is 7. The fraction of sp³-hybridized carbons (Fsp3) is 0.400. The highest BCUT2D eigenvalue weighted by Crippen LogP contribution is 2.17. The quantitative estimate of drug-likeness (QED) is 0.759. The van der Waals surface area contributed by atoms with Crippen LogP contribution in [0.1, 0.15) is 6.42 Å². The van der Waals surface area contributed by atoms with Crippen LogP contribution in [-0.2, 0) is 14.3 Å². The summed E-state index contributed by atoms with van der Waals surface area (Å²) < 4.78 is 12.3. The van der Waals surface area contributed by atoms with Gasteiger partial charge in [0.1, 0.15) is 12.1 Å². The number of nitrogens with zero attached hydrogens (tertiary/aromatic N) is 5. The van der Waals surface area contributed by atoms with Crippen LogP contribution in [0.3, 0.4) is 0 Å². The lowest BCUT2D eigenvalue weighted by Crippen LogP contribution is -2.51. The molecule has 1 aliphatic rings. The number of morpholine rings is 1. The Hall–Kier alpha value is -3.01. The molecule has 1 aromatic heterocycles. The van der Waals surface area contributed by atoms with E-state index in [1.54, 1.807) is 24.3 Å². The molecule has 1 atom stereocenters. The van der Waals surface area contributed by atoms with Crippen LogP contribution in [0, 0.1) is 0 Å². The summed E-state index contributed by atoms with van der Waals surface area (Å²) in [6.07, 6.45) is 1.30. The summed E-state index contributed by atoms with van der Waals surface area (Å²) in [7, 11) is 0. The first-order valence-electron chi connectivity index (χ1n) is 7.69. The molecule has 1 N–H and O–H groups in total. The Bertz CT molecular complexity index is 736. The number of aliphatic carboxylic acids is 1. The molecule has 0 radical (unpaired) electrons. The summed E-state index contributed by atoms with van der Waals surface area (Å²) in [5.41, 5.74) is 0.699. The van der Waals surface area contributed by atoms with Gasteiger partial charge in [0.25, 0.3) is 5.91 Å². The summed E-state index contributed by atoms with van der Waals surface area (Å²) in [6, 6.07) is 6.51. The van der Waals surface area contributed by atoms with Crippen molar-refractivity contribution < 1.29 is 24.2 Å². The number of carboxylic acid groups (broad SMARTS) is 1. The van der Waals surface area contributed by atoms with Crippen molar-refractivity contribution in [2.24, 2.45) is 0 Å². The molecule has 3 rings (SSSR count). The number of carboxylic acids is 1. The molecule has 132 valence electrons. The van der Waals surface area contributed by atoms with E-state index in [9.17, 15) is 9.59 Å². The molecule has 1 amide bonds. The second kappa shape index (κ2) is 7.71. The van der Waals surface area contributed by atoms with E-state index in [0.717, 1.165) is 0 Å². The lowest BCUT2D eigenvalue weighted by Gasteiger charge is -2.34. The van der Waals surface area contributed by atoms with Crippen LogP contribution in [0.4, 0.5) is 0 Å². The van der Waals surface area contributed by atoms with Gasteiger partial charge in [-0.2, -0.15) is 0 Å². The number of amides is 1. The summed E-state index contributed by atoms with van der Waals surface area (Å²) in [5, 5.41) is 19.9. The molecule has 2 heterocycles. The average Bonchev–Trinajstić information content (AvgIpc) is 3.15. The normalized spacial score (nSPS) is 17.3. The number of rotatable bonds is 6. The molecule has 25 heavy (non-hydrogen) atoms. The van der Waals surface area contributed by atoms with Crippen LogP contribution in [0.5, 0.6) is 5.75 Å². The molecule has 0 unspecified atom stereocenters. The van der Waals surface area contributed by atoms with Gasteiger partial charge < -0.3 is 19.5 Å². The van der Waals surface area contributed by atoms with Crippen LogP contribution in [0.25, 0.3) is 5.69 Å². The summed E-state index contributed by atoms with van der Waals surface area (Å²) in [5.74, 6) is -0.755. The SMILES string of the molecule is O=C(O)C[C@@H]1COCCN1C(=O)COc1cccc(-n2cnnn2)c1. The third kappa shape index (κ3) is 4.29. The average molecular weight is 347 g/mol. The van der Waals surface area contributed by atoms with Gasteiger partial charge in [-0.15, -0.1) is 5.10 Å². The highest BCUT2D eigenvalue weighted by Gasteiger charge is 2.29. The first kappa shape index (κ1) is 16.8. The van der Waals surface area contributed by atoms with Crippen molar-refractivity contribution in [1.29, 1.82) is 0 Å². The van der Waals surface area contributed by atoms with Crippen molar-refractivity contribution in [3.8, 4) is 11.4 Å². The molecular weight excluding hydrogens is 330 g/mol. The Morgan fingerprint density at radius 1 is 1.40 bits per heavy atom. The lowest BCUT2D eigenvalue weighted by molar-refractivity contribution is -0.147. The summed E-state index contributed by atoms with van der Waals surface area (Å²) >= 11 is 0. The highest BCUT2D eigenvalue weighted by atomic mass is 16.5. The van der Waals surface area contributed by atoms with Crippen LogP contribution in [0.2, 0.25) is 0 Å². The molecule has 1 aliphatic heterocycles. The number of carbonyl (C=O) groups is 2. The van der Waals surface area contributed by atoms with Crippen LogP contribution in [0.15, 0.2) is 30.6 Å². The molecule has 1 aromatic carbocycles. The van der Waals surface area contributed by atoms with E-state index < -0.39 is 12.0 Å². The van der Waals surface area contributed by atoms with Crippen molar-refractivity contribution in [1.82, 2.24) is 25.1 Å². The Kier molecular flexibility index (Phi) is 5.19. The van der Waals surface area contributed by atoms with Crippen molar-refractivity contribution in [2.75, 3.05) is 26.4 Å². The van der Waals surface area contributed by atoms with Crippen LogP contribution in [-0.4, -0.2) is 74.5 Å². The van der Waals surface area contributed by atoms with Gasteiger partial charge in [0.05, 0.1) is 31.4 Å². The maximum absolute atomic E-state index is 12.4. The van der Waals surface area contributed by atoms with Crippen molar-refractivity contribution >= 4 is 11.9 Å². The van der Waals surface area contributed by atoms with E-state index in [-0.39, 0.29) is 25.5 Å². The molecule has 1 fully saturated rings.